The highest BCUT2D eigenvalue weighted by Crippen LogP contribution is 2.10. The van der Waals surface area contributed by atoms with Crippen LogP contribution in [0.1, 0.15) is 31.5 Å². The third kappa shape index (κ3) is 3.46. The quantitative estimate of drug-likeness (QED) is 0.717. The van der Waals surface area contributed by atoms with E-state index in [4.69, 9.17) is 4.74 Å². The molecule has 14 heavy (non-hydrogen) atoms. The van der Waals surface area contributed by atoms with Crippen LogP contribution in [0.2, 0.25) is 0 Å². The summed E-state index contributed by atoms with van der Waals surface area (Å²) in [6.07, 6.45) is 4.19. The first-order valence-corrected chi connectivity index (χ1v) is 5.19. The predicted octanol–water partition coefficient (Wildman–Crippen LogP) is 2.82. The van der Waals surface area contributed by atoms with Gasteiger partial charge in [0, 0.05) is 19.0 Å². The van der Waals surface area contributed by atoms with Gasteiger partial charge in [0.2, 0.25) is 0 Å². The average molecular weight is 193 g/mol. The molecular weight excluding hydrogens is 174 g/mol. The van der Waals surface area contributed by atoms with E-state index in [1.165, 1.54) is 12.1 Å². The molecule has 0 aromatic carbocycles. The Hall–Kier alpha value is -0.890. The molecule has 0 saturated carbocycles. The van der Waals surface area contributed by atoms with E-state index in [1.54, 1.807) is 7.11 Å². The summed E-state index contributed by atoms with van der Waals surface area (Å²) in [5.74, 6) is 0.718. The van der Waals surface area contributed by atoms with Gasteiger partial charge in [0.15, 0.2) is 0 Å². The molecule has 78 valence electrons. The third-order valence-electron chi connectivity index (χ3n) is 2.45. The van der Waals surface area contributed by atoms with Crippen molar-refractivity contribution in [2.75, 3.05) is 7.11 Å². The molecule has 1 aromatic rings. The minimum Gasteiger partial charge on any atom is -0.380 e. The fourth-order valence-corrected chi connectivity index (χ4v) is 1.33. The normalized spacial score (nSPS) is 12.8. The number of aromatic nitrogens is 1. The molecule has 0 aliphatic heterocycles. The minimum absolute atomic E-state index is 0.649. The van der Waals surface area contributed by atoms with Crippen LogP contribution in [0.25, 0.3) is 0 Å². The zero-order chi connectivity index (χ0) is 10.4. The molecule has 0 amide bonds. The second-order valence-electron chi connectivity index (χ2n) is 3.81. The second kappa shape index (κ2) is 5.76. The Balaban J connectivity index is 2.54. The molecule has 0 spiro atoms. The van der Waals surface area contributed by atoms with Crippen molar-refractivity contribution in [2.24, 2.45) is 5.92 Å². The summed E-state index contributed by atoms with van der Waals surface area (Å²) in [7, 11) is 1.70. The monoisotopic (exact) mass is 193 g/mol. The summed E-state index contributed by atoms with van der Waals surface area (Å²) in [5.41, 5.74) is 2.32. The molecule has 1 atom stereocenters. The number of ether oxygens (including phenoxy) is 1. The van der Waals surface area contributed by atoms with E-state index in [9.17, 15) is 0 Å². The van der Waals surface area contributed by atoms with Crippen LogP contribution >= 0.6 is 0 Å². The smallest absolute Gasteiger partial charge is 0.0728 e. The Morgan fingerprint density at radius 2 is 2.21 bits per heavy atom. The first-order valence-electron chi connectivity index (χ1n) is 5.19. The fraction of sp³-hybridized carbons (Fsp3) is 0.583. The van der Waals surface area contributed by atoms with Crippen molar-refractivity contribution in [3.63, 3.8) is 0 Å². The van der Waals surface area contributed by atoms with Crippen LogP contribution in [0.3, 0.4) is 0 Å². The van der Waals surface area contributed by atoms with E-state index >= 15 is 0 Å². The molecule has 0 saturated heterocycles. The Morgan fingerprint density at radius 1 is 1.43 bits per heavy atom. The zero-order valence-electron chi connectivity index (χ0n) is 9.29. The van der Waals surface area contributed by atoms with E-state index < -0.39 is 0 Å². The third-order valence-corrected chi connectivity index (χ3v) is 2.45. The summed E-state index contributed by atoms with van der Waals surface area (Å²) in [6, 6.07) is 4.19. The van der Waals surface area contributed by atoms with Gasteiger partial charge in [-0.2, -0.15) is 0 Å². The summed E-state index contributed by atoms with van der Waals surface area (Å²) in [4.78, 5) is 4.41. The maximum Gasteiger partial charge on any atom is 0.0728 e. The Labute approximate surface area is 86.3 Å². The first-order chi connectivity index (χ1) is 6.76. The number of pyridine rings is 1. The van der Waals surface area contributed by atoms with Crippen molar-refractivity contribution in [3.8, 4) is 0 Å². The summed E-state index contributed by atoms with van der Waals surface area (Å²) >= 11 is 0. The molecule has 0 aliphatic rings. The Morgan fingerprint density at radius 3 is 2.71 bits per heavy atom. The molecule has 1 rings (SSSR count). The van der Waals surface area contributed by atoms with Crippen LogP contribution < -0.4 is 0 Å². The van der Waals surface area contributed by atoms with Crippen LogP contribution in [0.15, 0.2) is 18.3 Å². The summed E-state index contributed by atoms with van der Waals surface area (Å²) < 4.78 is 5.03. The van der Waals surface area contributed by atoms with Crippen LogP contribution in [0.4, 0.5) is 0 Å². The lowest BCUT2D eigenvalue weighted by molar-refractivity contribution is 0.184. The molecule has 0 N–H and O–H groups in total. The molecule has 0 radical (unpaired) electrons. The molecule has 2 nitrogen and oxygen atoms in total. The van der Waals surface area contributed by atoms with Gasteiger partial charge in [-0.3, -0.25) is 4.98 Å². The highest BCUT2D eigenvalue weighted by molar-refractivity contribution is 5.13. The molecule has 1 aromatic heterocycles. The van der Waals surface area contributed by atoms with Gasteiger partial charge >= 0.3 is 0 Å². The van der Waals surface area contributed by atoms with Gasteiger partial charge in [-0.1, -0.05) is 26.3 Å². The van der Waals surface area contributed by atoms with Gasteiger partial charge < -0.3 is 4.74 Å². The number of hydrogen-bond donors (Lipinski definition) is 0. The molecule has 1 unspecified atom stereocenters. The highest BCUT2D eigenvalue weighted by atomic mass is 16.5. The Bertz CT molecular complexity index is 256. The van der Waals surface area contributed by atoms with Crippen molar-refractivity contribution >= 4 is 0 Å². The van der Waals surface area contributed by atoms with E-state index in [0.29, 0.717) is 6.61 Å². The molecular formula is C12H19NO. The van der Waals surface area contributed by atoms with E-state index in [1.807, 2.05) is 6.20 Å². The lowest BCUT2D eigenvalue weighted by Crippen LogP contribution is -2.00. The Kier molecular flexibility index (Phi) is 4.60. The molecule has 1 heterocycles. The van der Waals surface area contributed by atoms with Crippen LogP contribution in [0, 0.1) is 5.92 Å². The number of hydrogen-bond acceptors (Lipinski definition) is 2. The maximum atomic E-state index is 5.03. The van der Waals surface area contributed by atoms with Crippen molar-refractivity contribution < 1.29 is 4.74 Å². The average Bonchev–Trinajstić information content (AvgIpc) is 2.21. The van der Waals surface area contributed by atoms with Crippen LogP contribution in [0.5, 0.6) is 0 Å². The van der Waals surface area contributed by atoms with Crippen molar-refractivity contribution in [1.82, 2.24) is 4.98 Å². The lowest BCUT2D eigenvalue weighted by Gasteiger charge is -2.07. The highest BCUT2D eigenvalue weighted by Gasteiger charge is 2.02. The van der Waals surface area contributed by atoms with E-state index in [2.05, 4.69) is 31.0 Å². The SMILES string of the molecule is CCC(C)Cc1ccc(COC)cn1. The number of nitrogens with zero attached hydrogens (tertiary/aromatic N) is 1. The molecule has 0 bridgehead atoms. The maximum absolute atomic E-state index is 5.03. The molecule has 0 aliphatic carbocycles. The molecule has 0 fully saturated rings. The van der Waals surface area contributed by atoms with Gasteiger partial charge in [0.1, 0.15) is 0 Å². The van der Waals surface area contributed by atoms with Crippen LogP contribution in [-0.4, -0.2) is 12.1 Å². The first kappa shape index (κ1) is 11.2. The van der Waals surface area contributed by atoms with E-state index in [0.717, 1.165) is 17.9 Å². The fourth-order valence-electron chi connectivity index (χ4n) is 1.33. The van der Waals surface area contributed by atoms with Gasteiger partial charge in [0.25, 0.3) is 0 Å². The van der Waals surface area contributed by atoms with Crippen molar-refractivity contribution in [1.29, 1.82) is 0 Å². The number of rotatable bonds is 5. The lowest BCUT2D eigenvalue weighted by atomic mass is 10.0. The topological polar surface area (TPSA) is 22.1 Å². The standard InChI is InChI=1S/C12H19NO/c1-4-10(2)7-12-6-5-11(8-13-12)9-14-3/h5-6,8,10H,4,7,9H2,1-3H3. The minimum atomic E-state index is 0.649. The predicted molar refractivity (Wildman–Crippen MR) is 58.1 cm³/mol. The largest absolute Gasteiger partial charge is 0.380 e. The van der Waals surface area contributed by atoms with Gasteiger partial charge in [-0.25, -0.2) is 0 Å². The summed E-state index contributed by atoms with van der Waals surface area (Å²) in [6.45, 7) is 5.12. The van der Waals surface area contributed by atoms with Crippen molar-refractivity contribution in [3.05, 3.63) is 29.6 Å². The second-order valence-corrected chi connectivity index (χ2v) is 3.81. The van der Waals surface area contributed by atoms with Gasteiger partial charge in [0.05, 0.1) is 6.61 Å². The number of methoxy groups -OCH3 is 1. The zero-order valence-corrected chi connectivity index (χ0v) is 9.29. The van der Waals surface area contributed by atoms with Gasteiger partial charge in [-0.05, 0) is 24.0 Å². The van der Waals surface area contributed by atoms with Gasteiger partial charge in [-0.15, -0.1) is 0 Å². The van der Waals surface area contributed by atoms with Crippen molar-refractivity contribution in [2.45, 2.75) is 33.3 Å². The van der Waals surface area contributed by atoms with Crippen LogP contribution in [-0.2, 0) is 17.8 Å². The molecule has 2 heteroatoms. The summed E-state index contributed by atoms with van der Waals surface area (Å²) in [5, 5.41) is 0. The van der Waals surface area contributed by atoms with E-state index in [-0.39, 0.29) is 0 Å².